The van der Waals surface area contributed by atoms with Crippen molar-refractivity contribution in [2.75, 3.05) is 0 Å². The van der Waals surface area contributed by atoms with Crippen LogP contribution in [-0.2, 0) is 0 Å². The Balaban J connectivity index is 0.000000561. The summed E-state index contributed by atoms with van der Waals surface area (Å²) in [6.45, 7) is 4.00. The zero-order valence-electron chi connectivity index (χ0n) is 7.11. The number of hydrogen-bond acceptors (Lipinski definition) is 3. The summed E-state index contributed by atoms with van der Waals surface area (Å²) in [6, 6.07) is 4.21. The number of carbonyl (C=O) groups excluding carboxylic acids is 1. The maximum atomic E-state index is 10.1. The van der Waals surface area contributed by atoms with Gasteiger partial charge < -0.3 is 10.2 Å². The number of aromatic hydroxyl groups is 2. The highest BCUT2D eigenvalue weighted by atomic mass is 16.3. The highest BCUT2D eigenvalue weighted by Gasteiger charge is 2.02. The molecule has 0 atom stereocenters. The highest BCUT2D eigenvalue weighted by Crippen LogP contribution is 2.26. The normalized spacial score (nSPS) is 8.17. The fourth-order valence-corrected chi connectivity index (χ4v) is 0.644. The van der Waals surface area contributed by atoms with Crippen LogP contribution in [0.3, 0.4) is 0 Å². The highest BCUT2D eigenvalue weighted by molar-refractivity contribution is 5.80. The van der Waals surface area contributed by atoms with E-state index in [4.69, 9.17) is 10.2 Å². The lowest BCUT2D eigenvalue weighted by Gasteiger charge is -1.97. The van der Waals surface area contributed by atoms with Crippen LogP contribution in [0.25, 0.3) is 0 Å². The zero-order valence-corrected chi connectivity index (χ0v) is 7.11. The molecule has 66 valence electrons. The van der Waals surface area contributed by atoms with Crippen LogP contribution in [0.2, 0.25) is 0 Å². The fraction of sp³-hybridized carbons (Fsp3) is 0.222. The third-order valence-electron chi connectivity index (χ3n) is 1.17. The topological polar surface area (TPSA) is 57.5 Å². The van der Waals surface area contributed by atoms with Crippen LogP contribution >= 0.6 is 0 Å². The van der Waals surface area contributed by atoms with Crippen molar-refractivity contribution >= 4 is 6.29 Å². The predicted octanol–water partition coefficient (Wildman–Crippen LogP) is 1.94. The number of benzene rings is 1. The standard InChI is InChI=1S/C7H6O3.C2H6/c8-4-5-2-1-3-6(9)7(5)10;1-2/h1-4,9-10H;1-2H3. The number of phenols is 2. The number of rotatable bonds is 1. The minimum atomic E-state index is -0.363. The summed E-state index contributed by atoms with van der Waals surface area (Å²) in [5, 5.41) is 17.7. The SMILES string of the molecule is CC.O=Cc1cccc(O)c1O. The first-order valence-corrected chi connectivity index (χ1v) is 3.72. The van der Waals surface area contributed by atoms with E-state index < -0.39 is 0 Å². The van der Waals surface area contributed by atoms with Crippen molar-refractivity contribution in [2.45, 2.75) is 13.8 Å². The number of aldehydes is 1. The molecule has 1 aromatic rings. The molecule has 0 heterocycles. The van der Waals surface area contributed by atoms with Crippen LogP contribution in [-0.4, -0.2) is 16.5 Å². The summed E-state index contributed by atoms with van der Waals surface area (Å²) in [6.07, 6.45) is 0.481. The molecule has 3 nitrogen and oxygen atoms in total. The third-order valence-corrected chi connectivity index (χ3v) is 1.17. The molecule has 0 aliphatic rings. The predicted molar refractivity (Wildman–Crippen MR) is 46.5 cm³/mol. The first-order valence-electron chi connectivity index (χ1n) is 3.72. The Morgan fingerprint density at radius 2 is 1.83 bits per heavy atom. The summed E-state index contributed by atoms with van der Waals surface area (Å²) < 4.78 is 0. The minimum absolute atomic E-state index is 0.0972. The summed E-state index contributed by atoms with van der Waals surface area (Å²) >= 11 is 0. The Morgan fingerprint density at radius 1 is 1.25 bits per heavy atom. The second-order valence-corrected chi connectivity index (χ2v) is 1.83. The van der Waals surface area contributed by atoms with Gasteiger partial charge in [-0.2, -0.15) is 0 Å². The first-order chi connectivity index (χ1) is 5.75. The molecule has 1 aromatic carbocycles. The second-order valence-electron chi connectivity index (χ2n) is 1.83. The van der Waals surface area contributed by atoms with Crippen LogP contribution in [0.4, 0.5) is 0 Å². The molecule has 0 spiro atoms. The maximum Gasteiger partial charge on any atom is 0.168 e. The lowest BCUT2D eigenvalue weighted by molar-refractivity contribution is 0.112. The van der Waals surface area contributed by atoms with Crippen LogP contribution in [0, 0.1) is 0 Å². The Labute approximate surface area is 71.3 Å². The van der Waals surface area contributed by atoms with Gasteiger partial charge in [-0.3, -0.25) is 4.79 Å². The fourth-order valence-electron chi connectivity index (χ4n) is 0.644. The Bertz CT molecular complexity index is 256. The molecule has 0 aliphatic heterocycles. The van der Waals surface area contributed by atoms with Crippen molar-refractivity contribution in [1.82, 2.24) is 0 Å². The molecule has 0 saturated heterocycles. The van der Waals surface area contributed by atoms with Gasteiger partial charge in [-0.25, -0.2) is 0 Å². The van der Waals surface area contributed by atoms with Gasteiger partial charge >= 0.3 is 0 Å². The Hall–Kier alpha value is -1.51. The quantitative estimate of drug-likeness (QED) is 0.497. The van der Waals surface area contributed by atoms with Crippen molar-refractivity contribution in [2.24, 2.45) is 0 Å². The van der Waals surface area contributed by atoms with Crippen LogP contribution in [0.5, 0.6) is 11.5 Å². The summed E-state index contributed by atoms with van der Waals surface area (Å²) in [5.74, 6) is -0.637. The van der Waals surface area contributed by atoms with Crippen LogP contribution < -0.4 is 0 Å². The lowest BCUT2D eigenvalue weighted by Crippen LogP contribution is -1.79. The Morgan fingerprint density at radius 3 is 2.25 bits per heavy atom. The van der Waals surface area contributed by atoms with E-state index in [0.717, 1.165) is 0 Å². The minimum Gasteiger partial charge on any atom is -0.504 e. The molecular weight excluding hydrogens is 156 g/mol. The molecule has 2 N–H and O–H groups in total. The molecular formula is C9H12O3. The van der Waals surface area contributed by atoms with Crippen molar-refractivity contribution in [3.63, 3.8) is 0 Å². The Kier molecular flexibility index (Phi) is 4.53. The molecule has 1 rings (SSSR count). The van der Waals surface area contributed by atoms with E-state index >= 15 is 0 Å². The molecule has 3 heteroatoms. The first kappa shape index (κ1) is 10.5. The summed E-state index contributed by atoms with van der Waals surface area (Å²) in [5.41, 5.74) is 0.0972. The van der Waals surface area contributed by atoms with Gasteiger partial charge in [-0.15, -0.1) is 0 Å². The molecule has 0 bridgehead atoms. The number of para-hydroxylation sites is 1. The molecule has 12 heavy (non-hydrogen) atoms. The van der Waals surface area contributed by atoms with E-state index in [0.29, 0.717) is 6.29 Å². The van der Waals surface area contributed by atoms with Gasteiger partial charge in [-0.1, -0.05) is 19.9 Å². The van der Waals surface area contributed by atoms with Crippen LogP contribution in [0.15, 0.2) is 18.2 Å². The number of hydrogen-bond donors (Lipinski definition) is 2. The average Bonchev–Trinajstić information content (AvgIpc) is 2.13. The van der Waals surface area contributed by atoms with E-state index in [9.17, 15) is 4.79 Å². The molecule has 0 unspecified atom stereocenters. The van der Waals surface area contributed by atoms with Gasteiger partial charge in [0.1, 0.15) is 0 Å². The molecule has 0 aliphatic carbocycles. The van der Waals surface area contributed by atoms with Crippen molar-refractivity contribution < 1.29 is 15.0 Å². The monoisotopic (exact) mass is 168 g/mol. The van der Waals surface area contributed by atoms with Gasteiger partial charge in [0.2, 0.25) is 0 Å². The van der Waals surface area contributed by atoms with Gasteiger partial charge in [0.25, 0.3) is 0 Å². The largest absolute Gasteiger partial charge is 0.504 e. The molecule has 0 radical (unpaired) electrons. The van der Waals surface area contributed by atoms with Crippen LogP contribution in [0.1, 0.15) is 24.2 Å². The van der Waals surface area contributed by atoms with Crippen molar-refractivity contribution in [3.8, 4) is 11.5 Å². The van der Waals surface area contributed by atoms with E-state index in [2.05, 4.69) is 0 Å². The van der Waals surface area contributed by atoms with E-state index in [1.165, 1.54) is 18.2 Å². The second kappa shape index (κ2) is 5.18. The molecule has 0 aromatic heterocycles. The van der Waals surface area contributed by atoms with Crippen molar-refractivity contribution in [1.29, 1.82) is 0 Å². The molecule has 0 fully saturated rings. The number of phenolic OH excluding ortho intramolecular Hbond substituents is 2. The summed E-state index contributed by atoms with van der Waals surface area (Å²) in [7, 11) is 0. The smallest absolute Gasteiger partial charge is 0.168 e. The van der Waals surface area contributed by atoms with E-state index in [-0.39, 0.29) is 17.1 Å². The lowest BCUT2D eigenvalue weighted by atomic mass is 10.2. The van der Waals surface area contributed by atoms with Crippen molar-refractivity contribution in [3.05, 3.63) is 23.8 Å². The van der Waals surface area contributed by atoms with Gasteiger partial charge in [0.05, 0.1) is 5.56 Å². The maximum absolute atomic E-state index is 10.1. The molecule has 0 saturated carbocycles. The molecule has 0 amide bonds. The third kappa shape index (κ3) is 2.27. The van der Waals surface area contributed by atoms with Gasteiger partial charge in [0, 0.05) is 0 Å². The zero-order chi connectivity index (χ0) is 9.56. The average molecular weight is 168 g/mol. The van der Waals surface area contributed by atoms with E-state index in [1.54, 1.807) is 0 Å². The summed E-state index contributed by atoms with van der Waals surface area (Å²) in [4.78, 5) is 10.1. The van der Waals surface area contributed by atoms with E-state index in [1.807, 2.05) is 13.8 Å². The van der Waals surface area contributed by atoms with Gasteiger partial charge in [-0.05, 0) is 12.1 Å². The van der Waals surface area contributed by atoms with Gasteiger partial charge in [0.15, 0.2) is 17.8 Å². The number of carbonyl (C=O) groups is 1.